The van der Waals surface area contributed by atoms with Crippen LogP contribution >= 0.6 is 0 Å². The highest BCUT2D eigenvalue weighted by atomic mass is 19.1. The fraction of sp³-hybridized carbons (Fsp3) is 0.381. The number of hydrogen-bond donors (Lipinski definition) is 0. The third-order valence-electron chi connectivity index (χ3n) is 5.19. The Morgan fingerprint density at radius 3 is 2.66 bits per heavy atom. The second-order valence-corrected chi connectivity index (χ2v) is 7.41. The number of aromatic nitrogens is 5. The Hall–Kier alpha value is -3.16. The molecular weight excluding hydrogens is 373 g/mol. The number of tetrazole rings is 1. The molecule has 4 rings (SSSR count). The molecule has 3 aromatic rings. The van der Waals surface area contributed by atoms with Gasteiger partial charge in [-0.1, -0.05) is 26.0 Å². The molecule has 0 fully saturated rings. The number of benzene rings is 1. The minimum atomic E-state index is -0.454. The quantitative estimate of drug-likeness (QED) is 0.628. The van der Waals surface area contributed by atoms with E-state index in [-0.39, 0.29) is 11.7 Å². The van der Waals surface area contributed by atoms with Gasteiger partial charge in [-0.2, -0.15) is 0 Å². The number of ether oxygens (including phenoxy) is 1. The highest BCUT2D eigenvalue weighted by molar-refractivity contribution is 6.00. The first-order valence-electron chi connectivity index (χ1n) is 9.68. The predicted octanol–water partition coefficient (Wildman–Crippen LogP) is 3.79. The summed E-state index contributed by atoms with van der Waals surface area (Å²) in [5.74, 6) is -0.243. The number of fused-ring (bicyclic) bond motifs is 3. The van der Waals surface area contributed by atoms with Crippen molar-refractivity contribution >= 4 is 5.97 Å². The number of pyridine rings is 1. The topological polar surface area (TPSA) is 82.8 Å². The minimum Gasteiger partial charge on any atom is -0.465 e. The van der Waals surface area contributed by atoms with Crippen LogP contribution in [0.25, 0.3) is 22.6 Å². The summed E-state index contributed by atoms with van der Waals surface area (Å²) in [6, 6.07) is 6.16. The molecule has 0 N–H and O–H groups in total. The molecule has 2 aromatic heterocycles. The summed E-state index contributed by atoms with van der Waals surface area (Å²) < 4.78 is 20.5. The van der Waals surface area contributed by atoms with Crippen molar-refractivity contribution in [2.24, 2.45) is 0 Å². The van der Waals surface area contributed by atoms with E-state index < -0.39 is 5.97 Å². The lowest BCUT2D eigenvalue weighted by atomic mass is 9.86. The van der Waals surface area contributed by atoms with Crippen LogP contribution in [0.15, 0.2) is 24.3 Å². The van der Waals surface area contributed by atoms with E-state index in [4.69, 9.17) is 9.72 Å². The van der Waals surface area contributed by atoms with E-state index in [0.717, 1.165) is 29.5 Å². The first-order chi connectivity index (χ1) is 14.0. The largest absolute Gasteiger partial charge is 0.465 e. The number of aryl methyl sites for hydroxylation is 1. The number of methoxy groups -OCH3 is 1. The summed E-state index contributed by atoms with van der Waals surface area (Å²) in [6.45, 7) is 4.66. The lowest BCUT2D eigenvalue weighted by Crippen LogP contribution is -2.17. The van der Waals surface area contributed by atoms with Gasteiger partial charge < -0.3 is 4.74 Å². The first kappa shape index (κ1) is 19.2. The zero-order chi connectivity index (χ0) is 20.5. The Labute approximate surface area is 167 Å². The summed E-state index contributed by atoms with van der Waals surface area (Å²) in [6.07, 6.45) is 2.51. The van der Waals surface area contributed by atoms with Crippen LogP contribution in [-0.2, 0) is 17.7 Å². The standard InChI is InChI=1S/C21H22FN5O2/c1-12(2)18-17(21(28)29-3)16(13-7-9-14(22)10-8-13)15-6-4-5-11-27-20(19(15)23-18)24-25-26-27/h7-10,12H,4-6,11H2,1-3H3. The van der Waals surface area contributed by atoms with E-state index in [0.29, 0.717) is 35.7 Å². The van der Waals surface area contributed by atoms with E-state index in [1.165, 1.54) is 19.2 Å². The molecule has 0 aliphatic carbocycles. The Kier molecular flexibility index (Phi) is 5.08. The number of halogens is 1. The number of carbonyl (C=O) groups excluding carboxylic acids is 1. The maximum absolute atomic E-state index is 13.6. The molecule has 0 saturated heterocycles. The monoisotopic (exact) mass is 395 g/mol. The Bertz CT molecular complexity index is 1060. The number of nitrogens with zero attached hydrogens (tertiary/aromatic N) is 5. The average Bonchev–Trinajstić information content (AvgIpc) is 3.16. The molecule has 8 heteroatoms. The molecule has 150 valence electrons. The lowest BCUT2D eigenvalue weighted by molar-refractivity contribution is 0.0599. The van der Waals surface area contributed by atoms with E-state index >= 15 is 0 Å². The van der Waals surface area contributed by atoms with Crippen molar-refractivity contribution < 1.29 is 13.9 Å². The van der Waals surface area contributed by atoms with Crippen LogP contribution in [0.1, 0.15) is 54.2 Å². The molecule has 1 aliphatic rings. The zero-order valence-corrected chi connectivity index (χ0v) is 16.6. The van der Waals surface area contributed by atoms with Gasteiger partial charge in [-0.3, -0.25) is 0 Å². The molecule has 0 saturated carbocycles. The van der Waals surface area contributed by atoms with Crippen LogP contribution in [-0.4, -0.2) is 38.3 Å². The van der Waals surface area contributed by atoms with Crippen LogP contribution in [0.4, 0.5) is 4.39 Å². The molecule has 0 spiro atoms. The van der Waals surface area contributed by atoms with Gasteiger partial charge >= 0.3 is 5.97 Å². The highest BCUT2D eigenvalue weighted by Crippen LogP contribution is 2.39. The molecule has 0 bridgehead atoms. The van der Waals surface area contributed by atoms with Crippen molar-refractivity contribution in [3.8, 4) is 22.6 Å². The summed E-state index contributed by atoms with van der Waals surface area (Å²) >= 11 is 0. The molecule has 0 unspecified atom stereocenters. The van der Waals surface area contributed by atoms with Crippen molar-refractivity contribution in [3.63, 3.8) is 0 Å². The maximum Gasteiger partial charge on any atom is 0.340 e. The molecule has 0 amide bonds. The molecular formula is C21H22FN5O2. The average molecular weight is 395 g/mol. The number of rotatable bonds is 3. The third-order valence-corrected chi connectivity index (χ3v) is 5.19. The van der Waals surface area contributed by atoms with Crippen LogP contribution in [0, 0.1) is 5.82 Å². The zero-order valence-electron chi connectivity index (χ0n) is 16.6. The minimum absolute atomic E-state index is 0.0385. The van der Waals surface area contributed by atoms with Gasteiger partial charge in [0.25, 0.3) is 0 Å². The van der Waals surface area contributed by atoms with Crippen molar-refractivity contribution in [1.82, 2.24) is 25.2 Å². The summed E-state index contributed by atoms with van der Waals surface area (Å²) in [5.41, 5.74) is 4.06. The van der Waals surface area contributed by atoms with Gasteiger partial charge in [-0.15, -0.1) is 5.10 Å². The van der Waals surface area contributed by atoms with Gasteiger partial charge in [-0.25, -0.2) is 18.9 Å². The van der Waals surface area contributed by atoms with Crippen LogP contribution in [0.5, 0.6) is 0 Å². The number of carbonyl (C=O) groups is 1. The van der Waals surface area contributed by atoms with E-state index in [1.54, 1.807) is 16.8 Å². The predicted molar refractivity (Wildman–Crippen MR) is 105 cm³/mol. The van der Waals surface area contributed by atoms with Crippen molar-refractivity contribution in [2.75, 3.05) is 7.11 Å². The van der Waals surface area contributed by atoms with Crippen molar-refractivity contribution in [3.05, 3.63) is 46.9 Å². The normalized spacial score (nSPS) is 13.4. The second-order valence-electron chi connectivity index (χ2n) is 7.41. The van der Waals surface area contributed by atoms with Gasteiger partial charge in [0.1, 0.15) is 11.5 Å². The van der Waals surface area contributed by atoms with Gasteiger partial charge in [-0.05, 0) is 58.9 Å². The van der Waals surface area contributed by atoms with Crippen molar-refractivity contribution in [2.45, 2.75) is 45.6 Å². The Balaban J connectivity index is 2.12. The number of esters is 1. The second kappa shape index (κ2) is 7.69. The molecule has 0 radical (unpaired) electrons. The third kappa shape index (κ3) is 3.39. The SMILES string of the molecule is COC(=O)c1c(C(C)C)nc2c(c1-c1ccc(F)cc1)CCCCn1nnnc1-2. The van der Waals surface area contributed by atoms with Crippen LogP contribution in [0.2, 0.25) is 0 Å². The summed E-state index contributed by atoms with van der Waals surface area (Å²) in [5, 5.41) is 12.1. The van der Waals surface area contributed by atoms with Crippen LogP contribution < -0.4 is 0 Å². The van der Waals surface area contributed by atoms with Gasteiger partial charge in [0.15, 0.2) is 0 Å². The Morgan fingerprint density at radius 1 is 1.21 bits per heavy atom. The van der Waals surface area contributed by atoms with Crippen LogP contribution in [0.3, 0.4) is 0 Å². The van der Waals surface area contributed by atoms with Gasteiger partial charge in [0.05, 0.1) is 18.4 Å². The number of hydrogen-bond acceptors (Lipinski definition) is 6. The van der Waals surface area contributed by atoms with Gasteiger partial charge in [0, 0.05) is 12.1 Å². The smallest absolute Gasteiger partial charge is 0.340 e. The Morgan fingerprint density at radius 2 is 1.97 bits per heavy atom. The molecule has 29 heavy (non-hydrogen) atoms. The fourth-order valence-corrected chi connectivity index (χ4v) is 3.82. The molecule has 3 heterocycles. The van der Waals surface area contributed by atoms with Gasteiger partial charge in [0.2, 0.25) is 5.82 Å². The first-order valence-corrected chi connectivity index (χ1v) is 9.68. The van der Waals surface area contributed by atoms with Crippen molar-refractivity contribution in [1.29, 1.82) is 0 Å². The molecule has 1 aromatic carbocycles. The molecule has 7 nitrogen and oxygen atoms in total. The molecule has 0 atom stereocenters. The summed E-state index contributed by atoms with van der Waals surface area (Å²) in [7, 11) is 1.36. The highest BCUT2D eigenvalue weighted by Gasteiger charge is 2.30. The fourth-order valence-electron chi connectivity index (χ4n) is 3.82. The maximum atomic E-state index is 13.6. The van der Waals surface area contributed by atoms with E-state index in [2.05, 4.69) is 15.5 Å². The van der Waals surface area contributed by atoms with E-state index in [9.17, 15) is 9.18 Å². The summed E-state index contributed by atoms with van der Waals surface area (Å²) in [4.78, 5) is 17.7. The molecule has 1 aliphatic heterocycles. The van der Waals surface area contributed by atoms with E-state index in [1.807, 2.05) is 13.8 Å². The lowest BCUT2D eigenvalue weighted by Gasteiger charge is -2.23.